The third-order valence-corrected chi connectivity index (χ3v) is 4.28. The van der Waals surface area contributed by atoms with E-state index in [0.717, 1.165) is 18.7 Å². The fraction of sp³-hybridized carbons (Fsp3) is 0.643. The van der Waals surface area contributed by atoms with Crippen LogP contribution in [0.5, 0.6) is 0 Å². The Kier molecular flexibility index (Phi) is 5.79. The highest BCUT2D eigenvalue weighted by Crippen LogP contribution is 2.14. The standard InChI is InChI=1S/C14H22N4OS/c1-11-6-16-14(17-7-11)20-10-13(19)15-8-12-4-3-5-18(2)9-12/h6-7,12H,3-5,8-10H2,1-2H3,(H,15,19). The summed E-state index contributed by atoms with van der Waals surface area (Å²) >= 11 is 1.38. The van der Waals surface area contributed by atoms with Gasteiger partial charge in [0.15, 0.2) is 5.16 Å². The van der Waals surface area contributed by atoms with E-state index in [1.165, 1.54) is 31.1 Å². The number of rotatable bonds is 5. The van der Waals surface area contributed by atoms with Crippen LogP contribution in [0.1, 0.15) is 18.4 Å². The van der Waals surface area contributed by atoms with E-state index < -0.39 is 0 Å². The van der Waals surface area contributed by atoms with Gasteiger partial charge in [0.25, 0.3) is 0 Å². The van der Waals surface area contributed by atoms with Gasteiger partial charge in [-0.2, -0.15) is 0 Å². The molecule has 1 fully saturated rings. The molecule has 1 atom stereocenters. The van der Waals surface area contributed by atoms with E-state index in [9.17, 15) is 4.79 Å². The van der Waals surface area contributed by atoms with Crippen LogP contribution in [0.2, 0.25) is 0 Å². The van der Waals surface area contributed by atoms with Crippen molar-refractivity contribution in [2.24, 2.45) is 5.92 Å². The van der Waals surface area contributed by atoms with Crippen molar-refractivity contribution < 1.29 is 4.79 Å². The van der Waals surface area contributed by atoms with Crippen LogP contribution in [-0.4, -0.2) is 53.2 Å². The zero-order valence-corrected chi connectivity index (χ0v) is 12.9. The van der Waals surface area contributed by atoms with Crippen LogP contribution >= 0.6 is 11.8 Å². The molecule has 0 bridgehead atoms. The lowest BCUT2D eigenvalue weighted by molar-refractivity contribution is -0.118. The zero-order valence-electron chi connectivity index (χ0n) is 12.1. The summed E-state index contributed by atoms with van der Waals surface area (Å²) in [4.78, 5) is 22.5. The number of thioether (sulfide) groups is 1. The Morgan fingerprint density at radius 1 is 1.50 bits per heavy atom. The lowest BCUT2D eigenvalue weighted by Crippen LogP contribution is -2.39. The molecule has 1 aromatic heterocycles. The molecule has 2 heterocycles. The Morgan fingerprint density at radius 3 is 2.95 bits per heavy atom. The quantitative estimate of drug-likeness (QED) is 0.656. The summed E-state index contributed by atoms with van der Waals surface area (Å²) in [6, 6.07) is 0. The molecule has 1 saturated heterocycles. The van der Waals surface area contributed by atoms with Gasteiger partial charge < -0.3 is 10.2 Å². The van der Waals surface area contributed by atoms with E-state index in [-0.39, 0.29) is 5.91 Å². The van der Waals surface area contributed by atoms with Gasteiger partial charge in [0.2, 0.25) is 5.91 Å². The molecule has 1 N–H and O–H groups in total. The monoisotopic (exact) mass is 294 g/mol. The van der Waals surface area contributed by atoms with Crippen molar-refractivity contribution in [2.75, 3.05) is 32.4 Å². The number of amides is 1. The minimum atomic E-state index is 0.0624. The van der Waals surface area contributed by atoms with E-state index in [2.05, 4.69) is 27.2 Å². The van der Waals surface area contributed by atoms with Crippen molar-refractivity contribution in [1.82, 2.24) is 20.2 Å². The number of aryl methyl sites for hydroxylation is 1. The van der Waals surface area contributed by atoms with Crippen molar-refractivity contribution in [3.05, 3.63) is 18.0 Å². The molecule has 0 radical (unpaired) electrons. The van der Waals surface area contributed by atoms with Crippen LogP contribution in [0, 0.1) is 12.8 Å². The first-order valence-electron chi connectivity index (χ1n) is 7.00. The average molecular weight is 294 g/mol. The van der Waals surface area contributed by atoms with Crippen molar-refractivity contribution in [3.8, 4) is 0 Å². The predicted molar refractivity (Wildman–Crippen MR) is 80.7 cm³/mol. The maximum absolute atomic E-state index is 11.8. The van der Waals surface area contributed by atoms with Gasteiger partial charge >= 0.3 is 0 Å². The molecule has 1 unspecified atom stereocenters. The molecule has 5 nitrogen and oxygen atoms in total. The van der Waals surface area contributed by atoms with Crippen LogP contribution in [0.15, 0.2) is 17.6 Å². The molecule has 1 amide bonds. The second-order valence-corrected chi connectivity index (χ2v) is 6.35. The lowest BCUT2D eigenvalue weighted by atomic mass is 9.98. The Balaban J connectivity index is 1.66. The maximum atomic E-state index is 11.8. The van der Waals surface area contributed by atoms with Gasteiger partial charge in [-0.05, 0) is 44.8 Å². The van der Waals surface area contributed by atoms with Crippen molar-refractivity contribution in [3.63, 3.8) is 0 Å². The van der Waals surface area contributed by atoms with Gasteiger partial charge in [-0.1, -0.05) is 11.8 Å². The second-order valence-electron chi connectivity index (χ2n) is 5.41. The highest BCUT2D eigenvalue weighted by atomic mass is 32.2. The van der Waals surface area contributed by atoms with Gasteiger partial charge in [0.05, 0.1) is 5.75 Å². The first-order valence-corrected chi connectivity index (χ1v) is 7.99. The summed E-state index contributed by atoms with van der Waals surface area (Å²) in [5.74, 6) is 1.02. The number of carbonyl (C=O) groups excluding carboxylic acids is 1. The summed E-state index contributed by atoms with van der Waals surface area (Å²) < 4.78 is 0. The fourth-order valence-corrected chi connectivity index (χ4v) is 2.95. The minimum absolute atomic E-state index is 0.0624. The first-order chi connectivity index (χ1) is 9.63. The van der Waals surface area contributed by atoms with Gasteiger partial charge in [-0.3, -0.25) is 4.79 Å². The molecule has 2 rings (SSSR count). The highest BCUT2D eigenvalue weighted by molar-refractivity contribution is 7.99. The number of aromatic nitrogens is 2. The topological polar surface area (TPSA) is 58.1 Å². The molecule has 0 saturated carbocycles. The molecule has 0 spiro atoms. The number of hydrogen-bond acceptors (Lipinski definition) is 5. The third kappa shape index (κ3) is 5.09. The molecule has 0 aliphatic carbocycles. The third-order valence-electron chi connectivity index (χ3n) is 3.40. The van der Waals surface area contributed by atoms with E-state index in [0.29, 0.717) is 16.8 Å². The lowest BCUT2D eigenvalue weighted by Gasteiger charge is -2.29. The van der Waals surface area contributed by atoms with E-state index in [4.69, 9.17) is 0 Å². The van der Waals surface area contributed by atoms with Crippen LogP contribution in [0.3, 0.4) is 0 Å². The SMILES string of the molecule is Cc1cnc(SCC(=O)NCC2CCCN(C)C2)nc1. The molecule has 110 valence electrons. The molecule has 1 aromatic rings. The van der Waals surface area contributed by atoms with E-state index >= 15 is 0 Å². The fourth-order valence-electron chi connectivity index (χ4n) is 2.33. The molecule has 0 aromatic carbocycles. The van der Waals surface area contributed by atoms with Crippen LogP contribution in [-0.2, 0) is 4.79 Å². The van der Waals surface area contributed by atoms with Crippen molar-refractivity contribution in [1.29, 1.82) is 0 Å². The Labute approximate surface area is 124 Å². The minimum Gasteiger partial charge on any atom is -0.355 e. The Morgan fingerprint density at radius 2 is 2.25 bits per heavy atom. The number of hydrogen-bond donors (Lipinski definition) is 1. The maximum Gasteiger partial charge on any atom is 0.230 e. The van der Waals surface area contributed by atoms with Crippen LogP contribution in [0.4, 0.5) is 0 Å². The second kappa shape index (κ2) is 7.59. The number of likely N-dealkylation sites (tertiary alicyclic amines) is 1. The Bertz CT molecular complexity index is 437. The predicted octanol–water partition coefficient (Wildman–Crippen LogP) is 1.34. The molecular formula is C14H22N4OS. The van der Waals surface area contributed by atoms with E-state index in [1.807, 2.05) is 6.92 Å². The molecule has 1 aliphatic heterocycles. The summed E-state index contributed by atoms with van der Waals surface area (Å²) in [6.45, 7) is 4.97. The van der Waals surface area contributed by atoms with Crippen molar-refractivity contribution >= 4 is 17.7 Å². The Hall–Kier alpha value is -1.14. The summed E-state index contributed by atoms with van der Waals surface area (Å²) in [5.41, 5.74) is 1.03. The molecule has 20 heavy (non-hydrogen) atoms. The van der Waals surface area contributed by atoms with Crippen LogP contribution < -0.4 is 5.32 Å². The average Bonchev–Trinajstić information content (AvgIpc) is 2.45. The van der Waals surface area contributed by atoms with Crippen molar-refractivity contribution in [2.45, 2.75) is 24.9 Å². The zero-order chi connectivity index (χ0) is 14.4. The molecular weight excluding hydrogens is 272 g/mol. The normalized spacial score (nSPS) is 19.8. The van der Waals surface area contributed by atoms with Crippen LogP contribution in [0.25, 0.3) is 0 Å². The van der Waals surface area contributed by atoms with Gasteiger partial charge in [0.1, 0.15) is 0 Å². The first kappa shape index (κ1) is 15.3. The smallest absolute Gasteiger partial charge is 0.230 e. The molecule has 1 aliphatic rings. The van der Waals surface area contributed by atoms with Gasteiger partial charge in [-0.15, -0.1) is 0 Å². The largest absolute Gasteiger partial charge is 0.355 e. The van der Waals surface area contributed by atoms with Gasteiger partial charge in [0, 0.05) is 25.5 Å². The number of nitrogens with zero attached hydrogens (tertiary/aromatic N) is 3. The summed E-state index contributed by atoms with van der Waals surface area (Å²) in [5, 5.41) is 3.67. The number of piperidine rings is 1. The number of nitrogens with one attached hydrogen (secondary N) is 1. The van der Waals surface area contributed by atoms with Gasteiger partial charge in [-0.25, -0.2) is 9.97 Å². The highest BCUT2D eigenvalue weighted by Gasteiger charge is 2.17. The summed E-state index contributed by atoms with van der Waals surface area (Å²) in [6.07, 6.45) is 5.97. The number of carbonyl (C=O) groups is 1. The summed E-state index contributed by atoms with van der Waals surface area (Å²) in [7, 11) is 2.14. The molecule has 6 heteroatoms. The van der Waals surface area contributed by atoms with E-state index in [1.54, 1.807) is 12.4 Å².